The van der Waals surface area contributed by atoms with Crippen LogP contribution in [0.5, 0.6) is 11.5 Å². The molecule has 0 radical (unpaired) electrons. The van der Waals surface area contributed by atoms with Gasteiger partial charge in [-0.2, -0.15) is 0 Å². The minimum atomic E-state index is 0.612. The van der Waals surface area contributed by atoms with Gasteiger partial charge in [-0.05, 0) is 64.0 Å². The molecule has 4 aromatic rings. The average Bonchev–Trinajstić information content (AvgIpc) is 2.70. The van der Waals surface area contributed by atoms with Gasteiger partial charge in [-0.25, -0.2) is 0 Å². The zero-order chi connectivity index (χ0) is 19.1. The van der Waals surface area contributed by atoms with Gasteiger partial charge in [0.25, 0.3) is 0 Å². The minimum absolute atomic E-state index is 0.612. The van der Waals surface area contributed by atoms with Crippen LogP contribution in [0.1, 0.15) is 6.42 Å². The molecule has 0 atom stereocenters. The Morgan fingerprint density at radius 2 is 1.29 bits per heavy atom. The summed E-state index contributed by atoms with van der Waals surface area (Å²) in [6, 6.07) is 21.0. The van der Waals surface area contributed by atoms with Crippen molar-refractivity contribution in [2.24, 2.45) is 0 Å². The minimum Gasteiger partial charge on any atom is -0.493 e. The van der Waals surface area contributed by atoms with Gasteiger partial charge in [0.1, 0.15) is 11.5 Å². The standard InChI is InChI=1S/C24H16Br2O2/c25-17-5-7-19-15(13-17)3-9-21-23(19)24-20-8-6-18(26)14-16(20)4-10-22(24)28-12-2-1-11-27-21/h1,3-11,13-14H,2,12H2/b11-1-. The highest BCUT2D eigenvalue weighted by Crippen LogP contribution is 2.46. The number of rotatable bonds is 0. The molecule has 1 aliphatic heterocycles. The summed E-state index contributed by atoms with van der Waals surface area (Å²) in [5.74, 6) is 1.71. The summed E-state index contributed by atoms with van der Waals surface area (Å²) < 4.78 is 14.4. The Balaban J connectivity index is 1.94. The fourth-order valence-corrected chi connectivity index (χ4v) is 4.48. The molecule has 0 fully saturated rings. The molecular weight excluding hydrogens is 480 g/mol. The molecular formula is C24H16Br2O2. The largest absolute Gasteiger partial charge is 0.493 e. The Labute approximate surface area is 180 Å². The maximum absolute atomic E-state index is 6.20. The lowest BCUT2D eigenvalue weighted by Crippen LogP contribution is -2.01. The van der Waals surface area contributed by atoms with E-state index in [0.29, 0.717) is 6.61 Å². The van der Waals surface area contributed by atoms with Crippen molar-refractivity contribution in [3.8, 4) is 22.6 Å². The van der Waals surface area contributed by atoms with Crippen molar-refractivity contribution < 1.29 is 9.47 Å². The monoisotopic (exact) mass is 494 g/mol. The summed E-state index contributed by atoms with van der Waals surface area (Å²) in [5.41, 5.74) is 2.13. The average molecular weight is 496 g/mol. The lowest BCUT2D eigenvalue weighted by atomic mass is 9.92. The second kappa shape index (κ2) is 7.26. The van der Waals surface area contributed by atoms with E-state index in [1.807, 2.05) is 12.1 Å². The summed E-state index contributed by atoms with van der Waals surface area (Å²) in [6.45, 7) is 0.612. The first kappa shape index (κ1) is 17.8. The molecule has 0 saturated carbocycles. The van der Waals surface area contributed by atoms with Gasteiger partial charge in [-0.1, -0.05) is 56.1 Å². The Hall–Kier alpha value is -2.30. The molecule has 28 heavy (non-hydrogen) atoms. The molecule has 0 amide bonds. The first-order chi connectivity index (χ1) is 13.7. The summed E-state index contributed by atoms with van der Waals surface area (Å²) in [6.07, 6.45) is 4.56. The lowest BCUT2D eigenvalue weighted by Gasteiger charge is -2.20. The molecule has 4 aromatic carbocycles. The van der Waals surface area contributed by atoms with Gasteiger partial charge in [0.05, 0.1) is 12.9 Å². The normalized spacial score (nSPS) is 14.6. The number of ether oxygens (including phenoxy) is 2. The first-order valence-electron chi connectivity index (χ1n) is 9.10. The number of fused-ring (bicyclic) bond motifs is 7. The van der Waals surface area contributed by atoms with E-state index in [1.165, 1.54) is 0 Å². The molecule has 1 aliphatic rings. The van der Waals surface area contributed by atoms with Gasteiger partial charge in [-0.3, -0.25) is 0 Å². The van der Waals surface area contributed by atoms with E-state index in [-0.39, 0.29) is 0 Å². The molecule has 0 spiro atoms. The number of hydrogen-bond donors (Lipinski definition) is 0. The van der Waals surface area contributed by atoms with Crippen LogP contribution in [0.4, 0.5) is 0 Å². The Kier molecular flexibility index (Phi) is 4.61. The predicted molar refractivity (Wildman–Crippen MR) is 122 cm³/mol. The molecule has 2 nitrogen and oxygen atoms in total. The molecule has 0 bridgehead atoms. The van der Waals surface area contributed by atoms with E-state index in [4.69, 9.17) is 9.47 Å². The number of hydrogen-bond acceptors (Lipinski definition) is 2. The summed E-state index contributed by atoms with van der Waals surface area (Å²) in [7, 11) is 0. The zero-order valence-corrected chi connectivity index (χ0v) is 18.1. The highest BCUT2D eigenvalue weighted by atomic mass is 79.9. The molecule has 0 N–H and O–H groups in total. The van der Waals surface area contributed by atoms with E-state index < -0.39 is 0 Å². The van der Waals surface area contributed by atoms with E-state index in [1.54, 1.807) is 6.26 Å². The lowest BCUT2D eigenvalue weighted by molar-refractivity contribution is 0.324. The third kappa shape index (κ3) is 3.11. The maximum Gasteiger partial charge on any atom is 0.135 e. The van der Waals surface area contributed by atoms with Crippen molar-refractivity contribution in [3.05, 3.63) is 81.9 Å². The van der Waals surface area contributed by atoms with Gasteiger partial charge in [0.2, 0.25) is 0 Å². The molecule has 0 aromatic heterocycles. The van der Waals surface area contributed by atoms with Crippen molar-refractivity contribution in [1.29, 1.82) is 0 Å². The number of halogens is 2. The Bertz CT molecular complexity index is 1240. The molecule has 0 unspecified atom stereocenters. The Morgan fingerprint density at radius 1 is 0.679 bits per heavy atom. The van der Waals surface area contributed by atoms with Crippen LogP contribution in [0.3, 0.4) is 0 Å². The molecule has 1 heterocycles. The van der Waals surface area contributed by atoms with Crippen molar-refractivity contribution in [1.82, 2.24) is 0 Å². The van der Waals surface area contributed by atoms with Crippen molar-refractivity contribution in [2.45, 2.75) is 6.42 Å². The zero-order valence-electron chi connectivity index (χ0n) is 14.9. The molecule has 0 aliphatic carbocycles. The van der Waals surface area contributed by atoms with Gasteiger partial charge in [-0.15, -0.1) is 0 Å². The van der Waals surface area contributed by atoms with E-state index in [0.717, 1.165) is 59.5 Å². The van der Waals surface area contributed by atoms with Crippen LogP contribution in [0.15, 0.2) is 81.9 Å². The van der Waals surface area contributed by atoms with Crippen LogP contribution in [0, 0.1) is 0 Å². The van der Waals surface area contributed by atoms with Gasteiger partial charge in [0, 0.05) is 26.5 Å². The van der Waals surface area contributed by atoms with Crippen molar-refractivity contribution >= 4 is 53.4 Å². The molecule has 138 valence electrons. The fraction of sp³-hybridized carbons (Fsp3) is 0.0833. The number of benzene rings is 4. The van der Waals surface area contributed by atoms with Crippen LogP contribution in [-0.2, 0) is 0 Å². The third-order valence-corrected chi connectivity index (χ3v) is 5.96. The predicted octanol–water partition coefficient (Wildman–Crippen LogP) is 7.86. The van der Waals surface area contributed by atoms with Crippen LogP contribution >= 0.6 is 31.9 Å². The molecule has 0 saturated heterocycles. The second-order valence-corrected chi connectivity index (χ2v) is 8.57. The van der Waals surface area contributed by atoms with Gasteiger partial charge < -0.3 is 9.47 Å². The third-order valence-electron chi connectivity index (χ3n) is 4.97. The quantitative estimate of drug-likeness (QED) is 0.247. The van der Waals surface area contributed by atoms with Gasteiger partial charge >= 0.3 is 0 Å². The highest BCUT2D eigenvalue weighted by molar-refractivity contribution is 9.10. The Morgan fingerprint density at radius 3 is 1.96 bits per heavy atom. The first-order valence-corrected chi connectivity index (χ1v) is 10.7. The fourth-order valence-electron chi connectivity index (χ4n) is 3.72. The van der Waals surface area contributed by atoms with Crippen LogP contribution in [-0.4, -0.2) is 6.61 Å². The van der Waals surface area contributed by atoms with E-state index in [2.05, 4.69) is 86.5 Å². The molecule has 5 rings (SSSR count). The van der Waals surface area contributed by atoms with Crippen LogP contribution < -0.4 is 9.47 Å². The summed E-state index contributed by atoms with van der Waals surface area (Å²) in [5, 5.41) is 4.59. The van der Waals surface area contributed by atoms with E-state index >= 15 is 0 Å². The molecule has 4 heteroatoms. The second-order valence-electron chi connectivity index (χ2n) is 6.74. The van der Waals surface area contributed by atoms with Crippen LogP contribution in [0.2, 0.25) is 0 Å². The van der Waals surface area contributed by atoms with Gasteiger partial charge in [0.15, 0.2) is 0 Å². The highest BCUT2D eigenvalue weighted by Gasteiger charge is 2.19. The van der Waals surface area contributed by atoms with Crippen LogP contribution in [0.25, 0.3) is 32.7 Å². The van der Waals surface area contributed by atoms with E-state index in [9.17, 15) is 0 Å². The summed E-state index contributed by atoms with van der Waals surface area (Å²) >= 11 is 7.17. The smallest absolute Gasteiger partial charge is 0.135 e. The summed E-state index contributed by atoms with van der Waals surface area (Å²) in [4.78, 5) is 0. The maximum atomic E-state index is 6.20. The SMILES string of the molecule is Brc1ccc2c3c(ccc2c1)O/C=C\CCOc1ccc2cc(Br)ccc2c1-3. The van der Waals surface area contributed by atoms with Crippen molar-refractivity contribution in [2.75, 3.05) is 6.61 Å². The topological polar surface area (TPSA) is 18.5 Å². The van der Waals surface area contributed by atoms with Crippen molar-refractivity contribution in [3.63, 3.8) is 0 Å².